The zero-order chi connectivity index (χ0) is 16.6. The van der Waals surface area contributed by atoms with E-state index in [2.05, 4.69) is 10.3 Å². The molecule has 118 valence electrons. The molecule has 0 unspecified atom stereocenters. The van der Waals surface area contributed by atoms with Crippen molar-refractivity contribution in [2.75, 3.05) is 5.32 Å². The maximum absolute atomic E-state index is 12.3. The second-order valence-corrected chi connectivity index (χ2v) is 5.51. The minimum Gasteiger partial charge on any atom is -0.408 e. The fourth-order valence-electron chi connectivity index (χ4n) is 2.70. The van der Waals surface area contributed by atoms with Crippen LogP contribution < -0.4 is 11.1 Å². The van der Waals surface area contributed by atoms with Crippen LogP contribution in [0.4, 0.5) is 5.69 Å². The van der Waals surface area contributed by atoms with Gasteiger partial charge in [0.05, 0.1) is 16.9 Å². The minimum absolute atomic E-state index is 0.109. The van der Waals surface area contributed by atoms with Gasteiger partial charge in [0.15, 0.2) is 5.58 Å². The first-order valence-electron chi connectivity index (χ1n) is 7.29. The molecule has 0 aliphatic heterocycles. The summed E-state index contributed by atoms with van der Waals surface area (Å²) >= 11 is 0. The number of carbonyl (C=O) groups is 1. The minimum atomic E-state index is -0.545. The first-order chi connectivity index (χ1) is 11.0. The maximum Gasteiger partial charge on any atom is 0.420 e. The van der Waals surface area contributed by atoms with Crippen LogP contribution >= 0.6 is 0 Å². The number of amides is 1. The number of aryl methyl sites for hydroxylation is 3. The molecule has 0 fully saturated rings. The second-order valence-electron chi connectivity index (χ2n) is 5.51. The highest BCUT2D eigenvalue weighted by Crippen LogP contribution is 2.19. The summed E-state index contributed by atoms with van der Waals surface area (Å²) in [6.07, 6.45) is 0. The molecule has 1 N–H and O–H groups in total. The predicted octanol–water partition coefficient (Wildman–Crippen LogP) is 2.55. The molecule has 0 spiro atoms. The van der Waals surface area contributed by atoms with Crippen molar-refractivity contribution < 1.29 is 9.21 Å². The highest BCUT2D eigenvalue weighted by Gasteiger charge is 2.14. The number of benzene rings is 1. The topological polar surface area (TPSA) is 77.1 Å². The number of fused-ring (bicyclic) bond motifs is 1. The number of para-hydroxylation sites is 2. The number of hydrogen-bond acceptors (Lipinski definition) is 4. The van der Waals surface area contributed by atoms with Crippen molar-refractivity contribution in [3.63, 3.8) is 0 Å². The van der Waals surface area contributed by atoms with Crippen LogP contribution in [-0.4, -0.2) is 15.5 Å². The van der Waals surface area contributed by atoms with Crippen LogP contribution in [-0.2, 0) is 11.3 Å². The van der Waals surface area contributed by atoms with Crippen LogP contribution in [0.1, 0.15) is 17.0 Å². The van der Waals surface area contributed by atoms with E-state index in [9.17, 15) is 9.59 Å². The van der Waals surface area contributed by atoms with Gasteiger partial charge in [-0.1, -0.05) is 12.1 Å². The molecule has 6 heteroatoms. The van der Waals surface area contributed by atoms with E-state index in [4.69, 9.17) is 4.42 Å². The lowest BCUT2D eigenvalue weighted by Crippen LogP contribution is -2.25. The molecule has 0 saturated heterocycles. The molecule has 0 atom stereocenters. The Labute approximate surface area is 132 Å². The van der Waals surface area contributed by atoms with Gasteiger partial charge in [0, 0.05) is 5.69 Å². The fraction of sp³-hybridized carbons (Fsp3) is 0.235. The Morgan fingerprint density at radius 1 is 1.26 bits per heavy atom. The molecule has 0 radical (unpaired) electrons. The molecule has 0 saturated carbocycles. The normalized spacial score (nSPS) is 10.9. The largest absolute Gasteiger partial charge is 0.420 e. The Hall–Kier alpha value is -2.89. The van der Waals surface area contributed by atoms with Gasteiger partial charge in [-0.2, -0.15) is 0 Å². The maximum atomic E-state index is 12.3. The quantitative estimate of drug-likeness (QED) is 0.806. The van der Waals surface area contributed by atoms with E-state index in [0.717, 1.165) is 17.0 Å². The van der Waals surface area contributed by atoms with Gasteiger partial charge < -0.3 is 9.73 Å². The van der Waals surface area contributed by atoms with Crippen molar-refractivity contribution in [2.45, 2.75) is 27.3 Å². The van der Waals surface area contributed by atoms with Gasteiger partial charge >= 0.3 is 5.76 Å². The van der Waals surface area contributed by atoms with Gasteiger partial charge in [-0.3, -0.25) is 14.3 Å². The highest BCUT2D eigenvalue weighted by atomic mass is 16.4. The first kappa shape index (κ1) is 15.0. The summed E-state index contributed by atoms with van der Waals surface area (Å²) in [7, 11) is 0. The van der Waals surface area contributed by atoms with E-state index < -0.39 is 5.76 Å². The average Bonchev–Trinajstić information content (AvgIpc) is 2.79. The summed E-state index contributed by atoms with van der Waals surface area (Å²) in [5.41, 5.74) is 4.34. The van der Waals surface area contributed by atoms with Gasteiger partial charge in [0.2, 0.25) is 5.91 Å². The van der Waals surface area contributed by atoms with Crippen LogP contribution in [0.5, 0.6) is 0 Å². The van der Waals surface area contributed by atoms with Gasteiger partial charge in [-0.05, 0) is 44.5 Å². The summed E-state index contributed by atoms with van der Waals surface area (Å²) in [5, 5.41) is 2.83. The third-order valence-electron chi connectivity index (χ3n) is 3.67. The number of anilines is 1. The number of pyridine rings is 1. The lowest BCUT2D eigenvalue weighted by Gasteiger charge is -2.12. The van der Waals surface area contributed by atoms with Crippen LogP contribution in [0.15, 0.2) is 39.5 Å². The Bertz CT molecular complexity index is 930. The summed E-state index contributed by atoms with van der Waals surface area (Å²) in [4.78, 5) is 28.6. The van der Waals surface area contributed by atoms with Gasteiger partial charge in [-0.25, -0.2) is 4.79 Å². The Kier molecular flexibility index (Phi) is 3.73. The Balaban J connectivity index is 1.88. The van der Waals surface area contributed by atoms with E-state index in [-0.39, 0.29) is 12.5 Å². The molecule has 23 heavy (non-hydrogen) atoms. The SMILES string of the molecule is Cc1cc(C)c(NC(=O)Cn2c(=O)oc3ccccc32)c(C)n1. The summed E-state index contributed by atoms with van der Waals surface area (Å²) in [6, 6.07) is 8.92. The molecule has 0 bridgehead atoms. The van der Waals surface area contributed by atoms with Crippen LogP contribution in [0.3, 0.4) is 0 Å². The standard InChI is InChI=1S/C17H17N3O3/c1-10-8-11(2)18-12(3)16(10)19-15(21)9-20-13-6-4-5-7-14(13)23-17(20)22/h4-8H,9H2,1-3H3,(H,19,21). The second kappa shape index (κ2) is 5.72. The van der Waals surface area contributed by atoms with E-state index in [1.807, 2.05) is 26.8 Å². The molecule has 0 aliphatic carbocycles. The number of nitrogens with one attached hydrogen (secondary N) is 1. The number of nitrogens with zero attached hydrogens (tertiary/aromatic N) is 2. The van der Waals surface area contributed by atoms with Crippen LogP contribution in [0.25, 0.3) is 11.1 Å². The van der Waals surface area contributed by atoms with Crippen molar-refractivity contribution in [3.05, 3.63) is 57.8 Å². The van der Waals surface area contributed by atoms with Crippen molar-refractivity contribution in [3.8, 4) is 0 Å². The number of carbonyl (C=O) groups excluding carboxylic acids is 1. The van der Waals surface area contributed by atoms with E-state index in [1.165, 1.54) is 4.57 Å². The molecule has 2 heterocycles. The van der Waals surface area contributed by atoms with Crippen molar-refractivity contribution in [1.82, 2.24) is 9.55 Å². The molecule has 3 aromatic rings. The third-order valence-corrected chi connectivity index (χ3v) is 3.67. The van der Waals surface area contributed by atoms with Gasteiger partial charge in [-0.15, -0.1) is 0 Å². The molecule has 6 nitrogen and oxygen atoms in total. The number of rotatable bonds is 3. The van der Waals surface area contributed by atoms with E-state index in [1.54, 1.807) is 24.3 Å². The third kappa shape index (κ3) is 2.88. The zero-order valence-electron chi connectivity index (χ0n) is 13.2. The number of oxazole rings is 1. The Morgan fingerprint density at radius 3 is 2.74 bits per heavy atom. The molecular formula is C17H17N3O3. The molecule has 0 aliphatic rings. The number of hydrogen-bond donors (Lipinski definition) is 1. The summed E-state index contributed by atoms with van der Waals surface area (Å²) < 4.78 is 6.44. The monoisotopic (exact) mass is 311 g/mol. The molecule has 2 aromatic heterocycles. The van der Waals surface area contributed by atoms with E-state index >= 15 is 0 Å². The summed E-state index contributed by atoms with van der Waals surface area (Å²) in [5.74, 6) is -0.840. The first-order valence-corrected chi connectivity index (χ1v) is 7.29. The van der Waals surface area contributed by atoms with Crippen molar-refractivity contribution in [2.24, 2.45) is 0 Å². The van der Waals surface area contributed by atoms with E-state index in [0.29, 0.717) is 16.8 Å². The lowest BCUT2D eigenvalue weighted by molar-refractivity contribution is -0.116. The molecule has 1 aromatic carbocycles. The zero-order valence-corrected chi connectivity index (χ0v) is 13.2. The average molecular weight is 311 g/mol. The van der Waals surface area contributed by atoms with Gasteiger partial charge in [0.1, 0.15) is 6.54 Å². The van der Waals surface area contributed by atoms with Crippen molar-refractivity contribution >= 4 is 22.7 Å². The smallest absolute Gasteiger partial charge is 0.408 e. The van der Waals surface area contributed by atoms with Crippen LogP contribution in [0, 0.1) is 20.8 Å². The van der Waals surface area contributed by atoms with Gasteiger partial charge in [0.25, 0.3) is 0 Å². The molecular weight excluding hydrogens is 294 g/mol. The Morgan fingerprint density at radius 2 is 2.00 bits per heavy atom. The summed E-state index contributed by atoms with van der Waals surface area (Å²) in [6.45, 7) is 5.55. The predicted molar refractivity (Wildman–Crippen MR) is 87.6 cm³/mol. The van der Waals surface area contributed by atoms with Crippen molar-refractivity contribution in [1.29, 1.82) is 0 Å². The molecule has 1 amide bonds. The molecule has 3 rings (SSSR count). The van der Waals surface area contributed by atoms with Crippen LogP contribution in [0.2, 0.25) is 0 Å². The highest BCUT2D eigenvalue weighted by molar-refractivity contribution is 5.92. The number of aromatic nitrogens is 2. The lowest BCUT2D eigenvalue weighted by atomic mass is 10.1. The fourth-order valence-corrected chi connectivity index (χ4v) is 2.70.